The molecular formula is C17H25N3. The van der Waals surface area contributed by atoms with Gasteiger partial charge in [0.2, 0.25) is 0 Å². The second-order valence-corrected chi connectivity index (χ2v) is 6.75. The van der Waals surface area contributed by atoms with E-state index in [-0.39, 0.29) is 5.41 Å². The molecule has 3 heteroatoms. The van der Waals surface area contributed by atoms with Crippen LogP contribution in [-0.4, -0.2) is 9.55 Å². The maximum Gasteiger partial charge on any atom is 0.131 e. The van der Waals surface area contributed by atoms with E-state index in [0.717, 1.165) is 17.3 Å². The van der Waals surface area contributed by atoms with Gasteiger partial charge in [0.1, 0.15) is 17.3 Å². The van der Waals surface area contributed by atoms with Crippen LogP contribution in [-0.2, 0) is 12.5 Å². The summed E-state index contributed by atoms with van der Waals surface area (Å²) in [5.74, 6) is 1.76. The quantitative estimate of drug-likeness (QED) is 0.855. The van der Waals surface area contributed by atoms with E-state index in [1.807, 2.05) is 11.6 Å². The molecule has 20 heavy (non-hydrogen) atoms. The number of rotatable bonds is 1. The largest absolute Gasteiger partial charge is 0.383 e. The molecule has 1 heterocycles. The summed E-state index contributed by atoms with van der Waals surface area (Å²) in [7, 11) is 1.99. The zero-order valence-electron chi connectivity index (χ0n) is 13.6. The van der Waals surface area contributed by atoms with Crippen LogP contribution in [0.3, 0.4) is 0 Å². The van der Waals surface area contributed by atoms with E-state index >= 15 is 0 Å². The third-order valence-corrected chi connectivity index (χ3v) is 3.72. The number of hydrogen-bond acceptors (Lipinski definition) is 2. The summed E-state index contributed by atoms with van der Waals surface area (Å²) in [6, 6.07) is 4.38. The van der Waals surface area contributed by atoms with Crippen molar-refractivity contribution in [3.63, 3.8) is 0 Å². The second-order valence-electron chi connectivity index (χ2n) is 6.75. The maximum atomic E-state index is 6.31. The molecule has 0 aliphatic rings. The first-order chi connectivity index (χ1) is 9.12. The van der Waals surface area contributed by atoms with Crippen LogP contribution >= 0.6 is 0 Å². The molecule has 108 valence electrons. The first kappa shape index (κ1) is 14.6. The lowest BCUT2D eigenvalue weighted by Gasteiger charge is -2.17. The first-order valence-electron chi connectivity index (χ1n) is 7.04. The SMILES string of the molecule is Cc1cc(C)c(-c2nc(C(C)(C)C)n(C)c2N)c(C)c1. The molecule has 1 aromatic heterocycles. The van der Waals surface area contributed by atoms with E-state index in [9.17, 15) is 0 Å². The van der Waals surface area contributed by atoms with Crippen LogP contribution in [0.2, 0.25) is 0 Å². The lowest BCUT2D eigenvalue weighted by molar-refractivity contribution is 0.524. The number of aromatic nitrogens is 2. The molecule has 0 saturated heterocycles. The molecule has 0 saturated carbocycles. The fraction of sp³-hybridized carbons (Fsp3) is 0.471. The van der Waals surface area contributed by atoms with Gasteiger partial charge in [0.25, 0.3) is 0 Å². The van der Waals surface area contributed by atoms with E-state index < -0.39 is 0 Å². The number of nitrogens with two attached hydrogens (primary N) is 1. The maximum absolute atomic E-state index is 6.31. The standard InChI is InChI=1S/C17H25N3/c1-10-8-11(2)13(12(3)9-10)14-15(18)20(7)16(19-14)17(4,5)6/h8-9H,18H2,1-7H3. The highest BCUT2D eigenvalue weighted by atomic mass is 15.1. The Kier molecular flexibility index (Phi) is 3.41. The zero-order valence-corrected chi connectivity index (χ0v) is 13.6. The Morgan fingerprint density at radius 2 is 1.55 bits per heavy atom. The summed E-state index contributed by atoms with van der Waals surface area (Å²) >= 11 is 0. The Labute approximate surface area is 121 Å². The van der Waals surface area contributed by atoms with Gasteiger partial charge in [-0.15, -0.1) is 0 Å². The molecule has 3 nitrogen and oxygen atoms in total. The minimum atomic E-state index is -0.0202. The van der Waals surface area contributed by atoms with Gasteiger partial charge < -0.3 is 10.3 Å². The van der Waals surface area contributed by atoms with Crippen molar-refractivity contribution < 1.29 is 0 Å². The zero-order chi connectivity index (χ0) is 15.2. The Balaban J connectivity index is 2.72. The highest BCUT2D eigenvalue weighted by molar-refractivity contribution is 5.76. The van der Waals surface area contributed by atoms with Crippen LogP contribution in [0.15, 0.2) is 12.1 Å². The summed E-state index contributed by atoms with van der Waals surface area (Å²) < 4.78 is 2.01. The average molecular weight is 271 g/mol. The Hall–Kier alpha value is -1.77. The van der Waals surface area contributed by atoms with Crippen LogP contribution in [0.25, 0.3) is 11.3 Å². The normalized spacial score (nSPS) is 11.9. The molecule has 0 spiro atoms. The molecule has 0 bridgehead atoms. The average Bonchev–Trinajstić information content (AvgIpc) is 2.55. The number of anilines is 1. The molecule has 0 fully saturated rings. The van der Waals surface area contributed by atoms with Crippen molar-refractivity contribution >= 4 is 5.82 Å². The van der Waals surface area contributed by atoms with Gasteiger partial charge in [0, 0.05) is 18.0 Å². The van der Waals surface area contributed by atoms with Gasteiger partial charge in [-0.05, 0) is 31.9 Å². The van der Waals surface area contributed by atoms with Gasteiger partial charge in [0.15, 0.2) is 0 Å². The van der Waals surface area contributed by atoms with Crippen LogP contribution in [0.1, 0.15) is 43.3 Å². The van der Waals surface area contributed by atoms with E-state index in [1.165, 1.54) is 22.3 Å². The van der Waals surface area contributed by atoms with E-state index in [4.69, 9.17) is 10.7 Å². The Morgan fingerprint density at radius 3 is 1.95 bits per heavy atom. The fourth-order valence-corrected chi connectivity index (χ4v) is 2.92. The summed E-state index contributed by atoms with van der Waals surface area (Å²) in [6.45, 7) is 12.8. The van der Waals surface area contributed by atoms with Crippen molar-refractivity contribution in [2.75, 3.05) is 5.73 Å². The van der Waals surface area contributed by atoms with E-state index in [0.29, 0.717) is 0 Å². The summed E-state index contributed by atoms with van der Waals surface area (Å²) in [5, 5.41) is 0. The molecular weight excluding hydrogens is 246 g/mol. The van der Waals surface area contributed by atoms with Crippen molar-refractivity contribution in [3.8, 4) is 11.3 Å². The van der Waals surface area contributed by atoms with Crippen molar-refractivity contribution in [2.24, 2.45) is 7.05 Å². The van der Waals surface area contributed by atoms with Crippen LogP contribution < -0.4 is 5.73 Å². The van der Waals surface area contributed by atoms with Crippen LogP contribution in [0.4, 0.5) is 5.82 Å². The summed E-state index contributed by atoms with van der Waals surface area (Å²) in [4.78, 5) is 4.84. The lowest BCUT2D eigenvalue weighted by Crippen LogP contribution is -2.17. The Bertz CT molecular complexity index is 635. The van der Waals surface area contributed by atoms with E-state index in [1.54, 1.807) is 0 Å². The van der Waals surface area contributed by atoms with Crippen molar-refractivity contribution in [2.45, 2.75) is 47.0 Å². The van der Waals surface area contributed by atoms with Crippen molar-refractivity contribution in [1.82, 2.24) is 9.55 Å². The minimum Gasteiger partial charge on any atom is -0.383 e. The number of imidazole rings is 1. The van der Waals surface area contributed by atoms with Gasteiger partial charge in [-0.2, -0.15) is 0 Å². The van der Waals surface area contributed by atoms with Gasteiger partial charge in [-0.1, -0.05) is 38.5 Å². The molecule has 2 rings (SSSR count). The van der Waals surface area contributed by atoms with Crippen LogP contribution in [0.5, 0.6) is 0 Å². The smallest absolute Gasteiger partial charge is 0.131 e. The summed E-state index contributed by atoms with van der Waals surface area (Å²) in [5.41, 5.74) is 12.1. The molecule has 2 N–H and O–H groups in total. The molecule has 0 aliphatic carbocycles. The third-order valence-electron chi connectivity index (χ3n) is 3.72. The molecule has 0 amide bonds. The number of nitrogen functional groups attached to an aromatic ring is 1. The molecule has 0 atom stereocenters. The van der Waals surface area contributed by atoms with Gasteiger partial charge in [0.05, 0.1) is 0 Å². The fourth-order valence-electron chi connectivity index (χ4n) is 2.92. The number of aryl methyl sites for hydroxylation is 3. The highest BCUT2D eigenvalue weighted by Crippen LogP contribution is 2.34. The molecule has 0 aliphatic heterocycles. The predicted molar refractivity (Wildman–Crippen MR) is 86.0 cm³/mol. The highest BCUT2D eigenvalue weighted by Gasteiger charge is 2.24. The predicted octanol–water partition coefficient (Wildman–Crippen LogP) is 3.89. The number of nitrogens with zero attached hydrogens (tertiary/aromatic N) is 2. The number of benzene rings is 1. The second kappa shape index (κ2) is 4.65. The number of hydrogen-bond donors (Lipinski definition) is 1. The minimum absolute atomic E-state index is 0.0202. The van der Waals surface area contributed by atoms with Gasteiger partial charge in [-0.25, -0.2) is 4.98 Å². The first-order valence-corrected chi connectivity index (χ1v) is 7.04. The van der Waals surface area contributed by atoms with Crippen molar-refractivity contribution in [1.29, 1.82) is 0 Å². The molecule has 2 aromatic rings. The molecule has 0 radical (unpaired) electrons. The molecule has 0 unspecified atom stereocenters. The Morgan fingerprint density at radius 1 is 1.05 bits per heavy atom. The van der Waals surface area contributed by atoms with Crippen LogP contribution in [0, 0.1) is 20.8 Å². The lowest BCUT2D eigenvalue weighted by atomic mass is 9.95. The van der Waals surface area contributed by atoms with Gasteiger partial charge in [-0.3, -0.25) is 0 Å². The molecule has 1 aromatic carbocycles. The summed E-state index contributed by atoms with van der Waals surface area (Å²) in [6.07, 6.45) is 0. The van der Waals surface area contributed by atoms with Crippen molar-refractivity contribution in [3.05, 3.63) is 34.6 Å². The van der Waals surface area contributed by atoms with E-state index in [2.05, 4.69) is 53.7 Å². The monoisotopic (exact) mass is 271 g/mol. The topological polar surface area (TPSA) is 43.8 Å². The third kappa shape index (κ3) is 2.33. The van der Waals surface area contributed by atoms with Gasteiger partial charge >= 0.3 is 0 Å².